The first-order valence-electron chi connectivity index (χ1n) is 5.81. The Morgan fingerprint density at radius 1 is 1.47 bits per heavy atom. The second-order valence-electron chi connectivity index (χ2n) is 4.63. The van der Waals surface area contributed by atoms with E-state index in [4.69, 9.17) is 5.11 Å². The summed E-state index contributed by atoms with van der Waals surface area (Å²) < 4.78 is 0. The Bertz CT molecular complexity index is 295. The molecule has 1 aliphatic heterocycles. The van der Waals surface area contributed by atoms with Gasteiger partial charge in [0.25, 0.3) is 0 Å². The summed E-state index contributed by atoms with van der Waals surface area (Å²) >= 11 is 0. The van der Waals surface area contributed by atoms with Gasteiger partial charge in [-0.3, -0.25) is 4.79 Å². The van der Waals surface area contributed by atoms with Crippen LogP contribution in [0.3, 0.4) is 0 Å². The summed E-state index contributed by atoms with van der Waals surface area (Å²) in [4.78, 5) is 25.4. The van der Waals surface area contributed by atoms with Crippen LogP contribution in [0, 0.1) is 5.92 Å². The van der Waals surface area contributed by atoms with Gasteiger partial charge in [-0.1, -0.05) is 6.92 Å². The molecule has 2 unspecified atom stereocenters. The zero-order valence-corrected chi connectivity index (χ0v) is 10.3. The maximum Gasteiger partial charge on any atom is 0.319 e. The SMILES string of the molecule is CC1CN(C(=O)N(C)CCC(=O)O)CCC1O. The van der Waals surface area contributed by atoms with Crippen LogP contribution >= 0.6 is 0 Å². The number of rotatable bonds is 3. The van der Waals surface area contributed by atoms with E-state index in [1.165, 1.54) is 4.90 Å². The Balaban J connectivity index is 2.44. The number of aliphatic hydroxyl groups excluding tert-OH is 1. The summed E-state index contributed by atoms with van der Waals surface area (Å²) in [5.41, 5.74) is 0. The molecule has 0 saturated carbocycles. The van der Waals surface area contributed by atoms with Crippen molar-refractivity contribution in [3.05, 3.63) is 0 Å². The van der Waals surface area contributed by atoms with Crippen LogP contribution in [0.4, 0.5) is 4.79 Å². The number of hydrogen-bond acceptors (Lipinski definition) is 3. The van der Waals surface area contributed by atoms with Gasteiger partial charge >= 0.3 is 12.0 Å². The molecule has 0 aliphatic carbocycles. The normalized spacial score (nSPS) is 24.5. The molecule has 6 nitrogen and oxygen atoms in total. The summed E-state index contributed by atoms with van der Waals surface area (Å²) in [6.45, 7) is 3.17. The van der Waals surface area contributed by atoms with Gasteiger partial charge in [-0.15, -0.1) is 0 Å². The molecule has 1 aliphatic rings. The van der Waals surface area contributed by atoms with Gasteiger partial charge in [-0.2, -0.15) is 0 Å². The Kier molecular flexibility index (Phi) is 4.74. The summed E-state index contributed by atoms with van der Waals surface area (Å²) in [5, 5.41) is 18.1. The summed E-state index contributed by atoms with van der Waals surface area (Å²) in [5.74, 6) is -0.840. The minimum Gasteiger partial charge on any atom is -0.481 e. The number of urea groups is 1. The molecule has 17 heavy (non-hydrogen) atoms. The van der Waals surface area contributed by atoms with Crippen molar-refractivity contribution in [2.45, 2.75) is 25.9 Å². The molecule has 2 N–H and O–H groups in total. The predicted octanol–water partition coefficient (Wildman–Crippen LogP) is 0.216. The highest BCUT2D eigenvalue weighted by molar-refractivity contribution is 5.75. The van der Waals surface area contributed by atoms with Crippen molar-refractivity contribution in [2.24, 2.45) is 5.92 Å². The molecule has 1 rings (SSSR count). The van der Waals surface area contributed by atoms with Crippen molar-refractivity contribution in [2.75, 3.05) is 26.7 Å². The van der Waals surface area contributed by atoms with E-state index in [1.807, 2.05) is 6.92 Å². The number of nitrogens with zero attached hydrogens (tertiary/aromatic N) is 2. The van der Waals surface area contributed by atoms with Gasteiger partial charge in [-0.25, -0.2) is 4.79 Å². The van der Waals surface area contributed by atoms with Crippen LogP contribution in [0.25, 0.3) is 0 Å². The van der Waals surface area contributed by atoms with E-state index in [-0.39, 0.29) is 31.0 Å². The molecule has 0 bridgehead atoms. The maximum atomic E-state index is 11.9. The van der Waals surface area contributed by atoms with Crippen molar-refractivity contribution >= 4 is 12.0 Å². The summed E-state index contributed by atoms with van der Waals surface area (Å²) in [6, 6.07) is -0.162. The number of aliphatic hydroxyl groups is 1. The average molecular weight is 244 g/mol. The van der Waals surface area contributed by atoms with Gasteiger partial charge in [0, 0.05) is 26.7 Å². The van der Waals surface area contributed by atoms with Crippen LogP contribution in [0.2, 0.25) is 0 Å². The van der Waals surface area contributed by atoms with Crippen LogP contribution in [-0.4, -0.2) is 64.8 Å². The van der Waals surface area contributed by atoms with Crippen LogP contribution in [0.5, 0.6) is 0 Å². The number of carbonyl (C=O) groups is 2. The fraction of sp³-hybridized carbons (Fsp3) is 0.818. The molecule has 0 aromatic rings. The van der Waals surface area contributed by atoms with E-state index < -0.39 is 5.97 Å². The molecule has 2 amide bonds. The molecule has 1 heterocycles. The highest BCUT2D eigenvalue weighted by atomic mass is 16.4. The fourth-order valence-corrected chi connectivity index (χ4v) is 1.91. The molecule has 1 saturated heterocycles. The molecule has 1 fully saturated rings. The lowest BCUT2D eigenvalue weighted by atomic mass is 9.97. The minimum absolute atomic E-state index is 0.0474. The van der Waals surface area contributed by atoms with Gasteiger partial charge in [0.2, 0.25) is 0 Å². The Labute approximate surface area is 101 Å². The average Bonchev–Trinajstić information content (AvgIpc) is 2.28. The van der Waals surface area contributed by atoms with Gasteiger partial charge in [0.1, 0.15) is 0 Å². The zero-order chi connectivity index (χ0) is 13.0. The molecular formula is C11H20N2O4. The quantitative estimate of drug-likeness (QED) is 0.744. The third kappa shape index (κ3) is 3.89. The first kappa shape index (κ1) is 13.8. The van der Waals surface area contributed by atoms with Gasteiger partial charge in [-0.05, 0) is 12.3 Å². The zero-order valence-electron chi connectivity index (χ0n) is 10.3. The standard InChI is InChI=1S/C11H20N2O4/c1-8-7-13(6-3-9(8)14)11(17)12(2)5-4-10(15)16/h8-9,14H,3-7H2,1-2H3,(H,15,16). The van der Waals surface area contributed by atoms with E-state index in [9.17, 15) is 14.7 Å². The minimum atomic E-state index is -0.910. The Hall–Kier alpha value is -1.30. The van der Waals surface area contributed by atoms with Crippen LogP contribution in [-0.2, 0) is 4.79 Å². The van der Waals surface area contributed by atoms with E-state index in [0.717, 1.165) is 0 Å². The largest absolute Gasteiger partial charge is 0.481 e. The molecule has 2 atom stereocenters. The third-order valence-electron chi connectivity index (χ3n) is 3.12. The van der Waals surface area contributed by atoms with E-state index >= 15 is 0 Å². The lowest BCUT2D eigenvalue weighted by Gasteiger charge is -2.36. The monoisotopic (exact) mass is 244 g/mol. The van der Waals surface area contributed by atoms with Crippen molar-refractivity contribution in [3.8, 4) is 0 Å². The maximum absolute atomic E-state index is 11.9. The number of carboxylic acids is 1. The van der Waals surface area contributed by atoms with E-state index in [2.05, 4.69) is 0 Å². The van der Waals surface area contributed by atoms with Crippen molar-refractivity contribution in [1.29, 1.82) is 0 Å². The number of carbonyl (C=O) groups excluding carboxylic acids is 1. The molecule has 98 valence electrons. The van der Waals surface area contributed by atoms with Gasteiger partial charge < -0.3 is 20.0 Å². The van der Waals surface area contributed by atoms with E-state index in [0.29, 0.717) is 19.5 Å². The number of piperidine rings is 1. The Morgan fingerprint density at radius 2 is 2.12 bits per heavy atom. The number of aliphatic carboxylic acids is 1. The van der Waals surface area contributed by atoms with Gasteiger partial charge in [0.05, 0.1) is 12.5 Å². The second-order valence-corrected chi connectivity index (χ2v) is 4.63. The number of carboxylic acid groups (broad SMARTS) is 1. The van der Waals surface area contributed by atoms with Crippen LogP contribution in [0.1, 0.15) is 19.8 Å². The van der Waals surface area contributed by atoms with Crippen molar-refractivity contribution in [1.82, 2.24) is 9.80 Å². The molecule has 0 aromatic carbocycles. The van der Waals surface area contributed by atoms with Crippen molar-refractivity contribution in [3.63, 3.8) is 0 Å². The number of likely N-dealkylation sites (tertiary alicyclic amines) is 1. The fourth-order valence-electron chi connectivity index (χ4n) is 1.91. The summed E-state index contributed by atoms with van der Waals surface area (Å²) in [7, 11) is 1.60. The molecule has 6 heteroatoms. The van der Waals surface area contributed by atoms with Crippen LogP contribution in [0.15, 0.2) is 0 Å². The second kappa shape index (κ2) is 5.86. The lowest BCUT2D eigenvalue weighted by Crippen LogP contribution is -2.49. The molecule has 0 radical (unpaired) electrons. The number of amides is 2. The highest BCUT2D eigenvalue weighted by Gasteiger charge is 2.28. The summed E-state index contributed by atoms with van der Waals surface area (Å²) in [6.07, 6.45) is 0.192. The molecule has 0 spiro atoms. The van der Waals surface area contributed by atoms with E-state index in [1.54, 1.807) is 11.9 Å². The first-order valence-corrected chi connectivity index (χ1v) is 5.81. The third-order valence-corrected chi connectivity index (χ3v) is 3.12. The lowest BCUT2D eigenvalue weighted by molar-refractivity contribution is -0.137. The molecule has 0 aromatic heterocycles. The van der Waals surface area contributed by atoms with Crippen LogP contribution < -0.4 is 0 Å². The molecular weight excluding hydrogens is 224 g/mol. The first-order chi connectivity index (χ1) is 7.91. The topological polar surface area (TPSA) is 81.1 Å². The van der Waals surface area contributed by atoms with Crippen molar-refractivity contribution < 1.29 is 19.8 Å². The number of hydrogen-bond donors (Lipinski definition) is 2. The Morgan fingerprint density at radius 3 is 2.65 bits per heavy atom. The highest BCUT2D eigenvalue weighted by Crippen LogP contribution is 2.17. The predicted molar refractivity (Wildman–Crippen MR) is 61.6 cm³/mol. The van der Waals surface area contributed by atoms with Gasteiger partial charge in [0.15, 0.2) is 0 Å². The smallest absolute Gasteiger partial charge is 0.319 e.